The van der Waals surface area contributed by atoms with E-state index in [1.807, 2.05) is 31.2 Å². The number of hydrogen-bond acceptors (Lipinski definition) is 6. The number of nitrogens with one attached hydrogen (secondary N) is 1. The first kappa shape index (κ1) is 17.0. The first-order valence-electron chi connectivity index (χ1n) is 8.58. The van der Waals surface area contributed by atoms with E-state index < -0.39 is 0 Å². The maximum absolute atomic E-state index is 6.07. The van der Waals surface area contributed by atoms with Crippen molar-refractivity contribution in [1.29, 1.82) is 0 Å². The summed E-state index contributed by atoms with van der Waals surface area (Å²) in [5.74, 6) is 1.49. The van der Waals surface area contributed by atoms with Gasteiger partial charge in [0.25, 0.3) is 0 Å². The van der Waals surface area contributed by atoms with Crippen LogP contribution in [0.4, 0.5) is 11.5 Å². The molecule has 1 fully saturated rings. The van der Waals surface area contributed by atoms with Crippen molar-refractivity contribution < 1.29 is 9.47 Å². The van der Waals surface area contributed by atoms with Crippen LogP contribution in [-0.2, 0) is 4.74 Å². The summed E-state index contributed by atoms with van der Waals surface area (Å²) in [5, 5.41) is 3.70. The van der Waals surface area contributed by atoms with Crippen molar-refractivity contribution in [2.45, 2.75) is 25.9 Å². The van der Waals surface area contributed by atoms with Gasteiger partial charge in [-0.25, -0.2) is 15.0 Å². The van der Waals surface area contributed by atoms with E-state index in [0.717, 1.165) is 42.0 Å². The Balaban J connectivity index is 1.55. The molecule has 0 radical (unpaired) electrons. The van der Waals surface area contributed by atoms with E-state index >= 15 is 0 Å². The second-order valence-corrected chi connectivity index (χ2v) is 6.67. The fraction of sp³-hybridized carbons (Fsp3) is 0.316. The minimum absolute atomic E-state index is 0.124. The number of halogens is 1. The van der Waals surface area contributed by atoms with Gasteiger partial charge in [-0.2, -0.15) is 0 Å². The van der Waals surface area contributed by atoms with E-state index in [-0.39, 0.29) is 6.10 Å². The van der Waals surface area contributed by atoms with Crippen LogP contribution in [0.25, 0.3) is 11.0 Å². The monoisotopic (exact) mass is 370 g/mol. The van der Waals surface area contributed by atoms with Crippen LogP contribution in [0.2, 0.25) is 5.15 Å². The Bertz CT molecular complexity index is 929. The minimum Gasteiger partial charge on any atom is -0.488 e. The van der Waals surface area contributed by atoms with E-state index in [1.54, 1.807) is 6.07 Å². The first-order valence-corrected chi connectivity index (χ1v) is 8.96. The molecule has 0 bridgehead atoms. The van der Waals surface area contributed by atoms with Gasteiger partial charge in [-0.1, -0.05) is 11.6 Å². The highest BCUT2D eigenvalue weighted by Gasteiger charge is 2.16. The lowest BCUT2D eigenvalue weighted by atomic mass is 10.1. The van der Waals surface area contributed by atoms with E-state index in [2.05, 4.69) is 20.3 Å². The van der Waals surface area contributed by atoms with Gasteiger partial charge in [-0.05, 0) is 55.7 Å². The zero-order valence-corrected chi connectivity index (χ0v) is 15.2. The zero-order chi connectivity index (χ0) is 17.9. The number of pyridine rings is 1. The largest absolute Gasteiger partial charge is 0.488 e. The van der Waals surface area contributed by atoms with Crippen LogP contribution in [-0.4, -0.2) is 34.3 Å². The summed E-state index contributed by atoms with van der Waals surface area (Å²) < 4.78 is 11.5. The van der Waals surface area contributed by atoms with Gasteiger partial charge in [0, 0.05) is 12.3 Å². The second-order valence-electron chi connectivity index (χ2n) is 6.29. The van der Waals surface area contributed by atoms with E-state index in [0.29, 0.717) is 23.1 Å². The van der Waals surface area contributed by atoms with Crippen LogP contribution in [0.15, 0.2) is 36.7 Å². The first-order chi connectivity index (χ1) is 12.7. The lowest BCUT2D eigenvalue weighted by Gasteiger charge is -2.24. The van der Waals surface area contributed by atoms with Crippen molar-refractivity contribution in [2.24, 2.45) is 0 Å². The van der Waals surface area contributed by atoms with Gasteiger partial charge in [0.15, 0.2) is 5.82 Å². The Kier molecular flexibility index (Phi) is 4.86. The molecule has 0 aliphatic carbocycles. The minimum atomic E-state index is 0.124. The highest BCUT2D eigenvalue weighted by atomic mass is 35.5. The summed E-state index contributed by atoms with van der Waals surface area (Å²) in [5.41, 5.74) is 3.32. The number of rotatable bonds is 4. The fourth-order valence-electron chi connectivity index (χ4n) is 2.99. The fourth-order valence-corrected chi connectivity index (χ4v) is 3.14. The molecule has 0 saturated carbocycles. The molecule has 1 aromatic carbocycles. The quantitative estimate of drug-likeness (QED) is 0.691. The lowest BCUT2D eigenvalue weighted by molar-refractivity contribution is 0.00716. The Hall–Kier alpha value is -2.44. The molecule has 1 N–H and O–H groups in total. The smallest absolute Gasteiger partial charge is 0.160 e. The highest BCUT2D eigenvalue weighted by Crippen LogP contribution is 2.28. The topological polar surface area (TPSA) is 69.2 Å². The highest BCUT2D eigenvalue weighted by molar-refractivity contribution is 6.29. The second kappa shape index (κ2) is 7.43. The number of aromatic nitrogens is 3. The number of nitrogens with zero attached hydrogens (tertiary/aromatic N) is 3. The number of benzene rings is 1. The van der Waals surface area contributed by atoms with Crippen LogP contribution >= 0.6 is 11.6 Å². The van der Waals surface area contributed by atoms with Crippen molar-refractivity contribution in [2.75, 3.05) is 18.5 Å². The third kappa shape index (κ3) is 3.71. The molecule has 1 aliphatic rings. The van der Waals surface area contributed by atoms with Gasteiger partial charge in [0.05, 0.1) is 12.1 Å². The molecule has 3 heterocycles. The van der Waals surface area contributed by atoms with E-state index in [9.17, 15) is 0 Å². The number of anilines is 2. The normalized spacial score (nSPS) is 17.2. The molecule has 3 aromatic rings. The van der Waals surface area contributed by atoms with E-state index in [1.165, 1.54) is 6.33 Å². The average molecular weight is 371 g/mol. The van der Waals surface area contributed by atoms with Crippen LogP contribution in [0.1, 0.15) is 18.4 Å². The van der Waals surface area contributed by atoms with Crippen molar-refractivity contribution >= 4 is 34.1 Å². The van der Waals surface area contributed by atoms with Crippen LogP contribution < -0.4 is 10.1 Å². The van der Waals surface area contributed by atoms with Crippen LogP contribution in [0.5, 0.6) is 5.75 Å². The lowest BCUT2D eigenvalue weighted by Crippen LogP contribution is -2.28. The Morgan fingerprint density at radius 2 is 2.15 bits per heavy atom. The summed E-state index contributed by atoms with van der Waals surface area (Å²) >= 11 is 6.01. The van der Waals surface area contributed by atoms with Crippen molar-refractivity contribution in [3.05, 3.63) is 47.4 Å². The third-order valence-corrected chi connectivity index (χ3v) is 4.51. The van der Waals surface area contributed by atoms with E-state index in [4.69, 9.17) is 21.1 Å². The molecular weight excluding hydrogens is 352 g/mol. The van der Waals surface area contributed by atoms with Gasteiger partial charge in [0.2, 0.25) is 0 Å². The molecule has 1 atom stereocenters. The van der Waals surface area contributed by atoms with Gasteiger partial charge >= 0.3 is 0 Å². The van der Waals surface area contributed by atoms with Gasteiger partial charge in [0.1, 0.15) is 28.9 Å². The molecule has 0 unspecified atom stereocenters. The number of aryl methyl sites for hydroxylation is 1. The van der Waals surface area contributed by atoms with Crippen LogP contribution in [0, 0.1) is 6.92 Å². The molecule has 7 heteroatoms. The predicted octanol–water partition coefficient (Wildman–Crippen LogP) is 4.29. The van der Waals surface area contributed by atoms with Gasteiger partial charge in [-0.3, -0.25) is 0 Å². The summed E-state index contributed by atoms with van der Waals surface area (Å²) in [6, 6.07) is 9.50. The summed E-state index contributed by atoms with van der Waals surface area (Å²) in [6.45, 7) is 3.50. The van der Waals surface area contributed by atoms with Gasteiger partial charge in [-0.15, -0.1) is 0 Å². The molecular formula is C19H19ClN4O2. The summed E-state index contributed by atoms with van der Waals surface area (Å²) in [6.07, 6.45) is 3.70. The average Bonchev–Trinajstić information content (AvgIpc) is 2.65. The zero-order valence-electron chi connectivity index (χ0n) is 14.4. The molecule has 1 saturated heterocycles. The van der Waals surface area contributed by atoms with Gasteiger partial charge < -0.3 is 14.8 Å². The maximum Gasteiger partial charge on any atom is 0.160 e. The maximum atomic E-state index is 6.07. The van der Waals surface area contributed by atoms with Crippen molar-refractivity contribution in [1.82, 2.24) is 15.0 Å². The Morgan fingerprint density at radius 3 is 2.96 bits per heavy atom. The summed E-state index contributed by atoms with van der Waals surface area (Å²) in [4.78, 5) is 12.8. The number of fused-ring (bicyclic) bond motifs is 1. The Morgan fingerprint density at radius 1 is 1.23 bits per heavy atom. The van der Waals surface area contributed by atoms with Crippen molar-refractivity contribution in [3.63, 3.8) is 0 Å². The molecule has 4 rings (SSSR count). The molecule has 26 heavy (non-hydrogen) atoms. The number of ether oxygens (including phenoxy) is 2. The number of hydrogen-bond donors (Lipinski definition) is 1. The summed E-state index contributed by atoms with van der Waals surface area (Å²) in [7, 11) is 0. The molecule has 0 amide bonds. The molecule has 134 valence electrons. The predicted molar refractivity (Wildman–Crippen MR) is 101 cm³/mol. The molecule has 2 aromatic heterocycles. The standard InChI is InChI=1S/C19H19ClN4O2/c1-12-9-13(4-6-16(12)26-14-3-2-8-25-10-14)23-19-18-15(21-11-22-19)5-7-17(20)24-18/h4-7,9,11,14H,2-3,8,10H2,1H3,(H,21,22,23)/t14-/m0/s1. The molecule has 1 aliphatic heterocycles. The molecule has 0 spiro atoms. The SMILES string of the molecule is Cc1cc(Nc2ncnc3ccc(Cl)nc23)ccc1O[C@H]1CCCOC1. The van der Waals surface area contributed by atoms with Crippen molar-refractivity contribution in [3.8, 4) is 5.75 Å². The third-order valence-electron chi connectivity index (χ3n) is 4.30. The van der Waals surface area contributed by atoms with Crippen LogP contribution in [0.3, 0.4) is 0 Å². The molecule has 6 nitrogen and oxygen atoms in total. The Labute approximate surface area is 156 Å².